The Morgan fingerprint density at radius 1 is 1.11 bits per heavy atom. The summed E-state index contributed by atoms with van der Waals surface area (Å²) in [5.41, 5.74) is 2.52. The van der Waals surface area contributed by atoms with Crippen LogP contribution >= 0.6 is 0 Å². The maximum atomic E-state index is 3.61. The van der Waals surface area contributed by atoms with Crippen LogP contribution in [0.15, 0.2) is 24.3 Å². The maximum absolute atomic E-state index is 3.61. The number of anilines is 2. The van der Waals surface area contributed by atoms with Crippen molar-refractivity contribution in [2.45, 2.75) is 38.5 Å². The summed E-state index contributed by atoms with van der Waals surface area (Å²) >= 11 is 0. The molecule has 0 unspecified atom stereocenters. The highest BCUT2D eigenvalue weighted by atomic mass is 15.1. The Kier molecular flexibility index (Phi) is 4.91. The molecule has 0 amide bonds. The third-order valence-corrected chi connectivity index (χ3v) is 3.93. The van der Waals surface area contributed by atoms with Gasteiger partial charge in [0.2, 0.25) is 0 Å². The largest absolute Gasteiger partial charge is 0.385 e. The summed E-state index contributed by atoms with van der Waals surface area (Å²) in [5.74, 6) is 0.871. The first kappa shape index (κ1) is 13.3. The van der Waals surface area contributed by atoms with Crippen molar-refractivity contribution in [2.75, 3.05) is 30.9 Å². The van der Waals surface area contributed by atoms with E-state index < -0.39 is 0 Å². The summed E-state index contributed by atoms with van der Waals surface area (Å²) in [6.07, 6.45) is 8.52. The van der Waals surface area contributed by atoms with E-state index in [-0.39, 0.29) is 0 Å². The zero-order chi connectivity index (χ0) is 12.8. The molecule has 1 saturated carbocycles. The Hall–Kier alpha value is -1.18. The molecule has 1 aromatic rings. The number of benzene rings is 1. The molecule has 2 rings (SSSR count). The van der Waals surface area contributed by atoms with Crippen molar-refractivity contribution in [3.05, 3.63) is 24.3 Å². The number of hydrogen-bond acceptors (Lipinski definition) is 2. The predicted molar refractivity (Wildman–Crippen MR) is 80.5 cm³/mol. The quantitative estimate of drug-likeness (QED) is 0.803. The summed E-state index contributed by atoms with van der Waals surface area (Å²) in [5, 5.41) is 3.61. The molecule has 2 heteroatoms. The van der Waals surface area contributed by atoms with Crippen LogP contribution in [0.2, 0.25) is 0 Å². The Morgan fingerprint density at radius 2 is 1.83 bits per heavy atom. The fourth-order valence-electron chi connectivity index (χ4n) is 2.72. The standard InChI is InChI=1S/C16H26N2/c1-18(2)16-11-7-10-15(12-16)17-13-14-8-5-3-4-6-9-14/h7,10-12,14,17H,3-6,8-9,13H2,1-2H3. The first-order valence-electron chi connectivity index (χ1n) is 7.27. The second kappa shape index (κ2) is 6.67. The summed E-state index contributed by atoms with van der Waals surface area (Å²) < 4.78 is 0. The molecule has 2 nitrogen and oxygen atoms in total. The average Bonchev–Trinajstić information content (AvgIpc) is 2.65. The van der Waals surface area contributed by atoms with E-state index in [0.29, 0.717) is 0 Å². The van der Waals surface area contributed by atoms with Gasteiger partial charge < -0.3 is 10.2 Å². The lowest BCUT2D eigenvalue weighted by atomic mass is 10.0. The van der Waals surface area contributed by atoms with Crippen LogP contribution in [0.5, 0.6) is 0 Å². The van der Waals surface area contributed by atoms with E-state index in [1.807, 2.05) is 0 Å². The van der Waals surface area contributed by atoms with Crippen LogP contribution < -0.4 is 10.2 Å². The molecular weight excluding hydrogens is 220 g/mol. The van der Waals surface area contributed by atoms with Crippen LogP contribution in [0.4, 0.5) is 11.4 Å². The van der Waals surface area contributed by atoms with Crippen molar-refractivity contribution in [3.63, 3.8) is 0 Å². The molecule has 0 aliphatic heterocycles. The van der Waals surface area contributed by atoms with Gasteiger partial charge >= 0.3 is 0 Å². The van der Waals surface area contributed by atoms with Crippen LogP contribution in [-0.2, 0) is 0 Å². The number of rotatable bonds is 4. The molecule has 0 heterocycles. The van der Waals surface area contributed by atoms with Gasteiger partial charge in [0.1, 0.15) is 0 Å². The van der Waals surface area contributed by atoms with Gasteiger partial charge in [0.15, 0.2) is 0 Å². The molecule has 0 atom stereocenters. The van der Waals surface area contributed by atoms with Crippen molar-refractivity contribution in [2.24, 2.45) is 5.92 Å². The van der Waals surface area contributed by atoms with Gasteiger partial charge in [0.05, 0.1) is 0 Å². The Balaban J connectivity index is 1.87. The van der Waals surface area contributed by atoms with Crippen LogP contribution in [0.25, 0.3) is 0 Å². The van der Waals surface area contributed by atoms with Crippen LogP contribution in [0.3, 0.4) is 0 Å². The Morgan fingerprint density at radius 3 is 2.50 bits per heavy atom. The normalized spacial score (nSPS) is 17.2. The van der Waals surface area contributed by atoms with Gasteiger partial charge in [-0.25, -0.2) is 0 Å². The van der Waals surface area contributed by atoms with Crippen LogP contribution in [-0.4, -0.2) is 20.6 Å². The van der Waals surface area contributed by atoms with Gasteiger partial charge in [0, 0.05) is 32.0 Å². The van der Waals surface area contributed by atoms with Gasteiger partial charge in [0.25, 0.3) is 0 Å². The number of nitrogens with zero attached hydrogens (tertiary/aromatic N) is 1. The third kappa shape index (κ3) is 3.94. The molecule has 1 aliphatic carbocycles. The molecule has 1 N–H and O–H groups in total. The average molecular weight is 246 g/mol. The summed E-state index contributed by atoms with van der Waals surface area (Å²) in [4.78, 5) is 2.15. The van der Waals surface area contributed by atoms with Crippen molar-refractivity contribution in [1.82, 2.24) is 0 Å². The first-order valence-corrected chi connectivity index (χ1v) is 7.27. The molecule has 1 aliphatic rings. The van der Waals surface area contributed by atoms with Gasteiger partial charge in [-0.2, -0.15) is 0 Å². The number of hydrogen-bond donors (Lipinski definition) is 1. The van der Waals surface area contributed by atoms with Crippen molar-refractivity contribution < 1.29 is 0 Å². The van der Waals surface area contributed by atoms with E-state index in [1.165, 1.54) is 49.9 Å². The minimum absolute atomic E-state index is 0.871. The SMILES string of the molecule is CN(C)c1cccc(NCC2CCCCCC2)c1. The minimum atomic E-state index is 0.871. The van der Waals surface area contributed by atoms with Crippen LogP contribution in [0.1, 0.15) is 38.5 Å². The summed E-state index contributed by atoms with van der Waals surface area (Å²) in [7, 11) is 4.18. The van der Waals surface area contributed by atoms with E-state index in [2.05, 4.69) is 48.6 Å². The fraction of sp³-hybridized carbons (Fsp3) is 0.625. The topological polar surface area (TPSA) is 15.3 Å². The molecule has 0 aromatic heterocycles. The van der Waals surface area contributed by atoms with Gasteiger partial charge in [-0.05, 0) is 37.0 Å². The highest BCUT2D eigenvalue weighted by molar-refractivity contribution is 5.57. The van der Waals surface area contributed by atoms with Crippen LogP contribution in [0, 0.1) is 5.92 Å². The smallest absolute Gasteiger partial charge is 0.0381 e. The lowest BCUT2D eigenvalue weighted by molar-refractivity contribution is 0.483. The lowest BCUT2D eigenvalue weighted by Gasteiger charge is -2.18. The second-order valence-corrected chi connectivity index (χ2v) is 5.68. The molecule has 0 spiro atoms. The zero-order valence-corrected chi connectivity index (χ0v) is 11.8. The van der Waals surface area contributed by atoms with Crippen molar-refractivity contribution in [3.8, 4) is 0 Å². The van der Waals surface area contributed by atoms with E-state index in [1.54, 1.807) is 0 Å². The third-order valence-electron chi connectivity index (χ3n) is 3.93. The molecule has 0 bridgehead atoms. The Labute approximate surface area is 111 Å². The van der Waals surface area contributed by atoms with E-state index in [4.69, 9.17) is 0 Å². The van der Waals surface area contributed by atoms with Crippen molar-refractivity contribution in [1.29, 1.82) is 0 Å². The van der Waals surface area contributed by atoms with Crippen molar-refractivity contribution >= 4 is 11.4 Å². The molecule has 1 fully saturated rings. The molecule has 100 valence electrons. The van der Waals surface area contributed by atoms with Gasteiger partial charge in [-0.1, -0.05) is 31.7 Å². The second-order valence-electron chi connectivity index (χ2n) is 5.68. The molecular formula is C16H26N2. The summed E-state index contributed by atoms with van der Waals surface area (Å²) in [6, 6.07) is 8.68. The number of nitrogens with one attached hydrogen (secondary N) is 1. The molecule has 0 radical (unpaired) electrons. The predicted octanol–water partition coefficient (Wildman–Crippen LogP) is 4.13. The van der Waals surface area contributed by atoms with E-state index in [0.717, 1.165) is 12.5 Å². The van der Waals surface area contributed by atoms with Gasteiger partial charge in [-0.15, -0.1) is 0 Å². The Bertz CT molecular complexity index is 352. The summed E-state index contributed by atoms with van der Waals surface area (Å²) in [6.45, 7) is 1.14. The molecule has 1 aromatic carbocycles. The fourth-order valence-corrected chi connectivity index (χ4v) is 2.72. The maximum Gasteiger partial charge on any atom is 0.0381 e. The zero-order valence-electron chi connectivity index (χ0n) is 11.8. The van der Waals surface area contributed by atoms with E-state index in [9.17, 15) is 0 Å². The molecule has 0 saturated heterocycles. The van der Waals surface area contributed by atoms with E-state index >= 15 is 0 Å². The highest BCUT2D eigenvalue weighted by Gasteiger charge is 2.11. The lowest BCUT2D eigenvalue weighted by Crippen LogP contribution is -2.14. The monoisotopic (exact) mass is 246 g/mol. The van der Waals surface area contributed by atoms with Gasteiger partial charge in [-0.3, -0.25) is 0 Å². The minimum Gasteiger partial charge on any atom is -0.385 e. The molecule has 18 heavy (non-hydrogen) atoms. The first-order chi connectivity index (χ1) is 8.75. The highest BCUT2D eigenvalue weighted by Crippen LogP contribution is 2.24.